The van der Waals surface area contributed by atoms with Crippen molar-refractivity contribution in [1.82, 2.24) is 5.32 Å². The Hall–Kier alpha value is -1.27. The SMILES string of the molecule is CC(NC(=O)Nc1cc(Cl)ccc1Cl)C(O)c1ccc(Br)cc1. The fourth-order valence-corrected chi connectivity index (χ4v) is 2.59. The lowest BCUT2D eigenvalue weighted by Gasteiger charge is -2.21. The van der Waals surface area contributed by atoms with Crippen molar-refractivity contribution in [3.63, 3.8) is 0 Å². The largest absolute Gasteiger partial charge is 0.386 e. The molecule has 7 heteroatoms. The highest BCUT2D eigenvalue weighted by Crippen LogP contribution is 2.25. The Morgan fingerprint density at radius 3 is 2.48 bits per heavy atom. The molecule has 2 atom stereocenters. The van der Waals surface area contributed by atoms with Crippen molar-refractivity contribution in [3.05, 3.63) is 62.5 Å². The molecule has 0 bridgehead atoms. The molecule has 0 aliphatic heterocycles. The molecule has 23 heavy (non-hydrogen) atoms. The summed E-state index contributed by atoms with van der Waals surface area (Å²) in [5, 5.41) is 16.4. The predicted molar refractivity (Wildman–Crippen MR) is 97.2 cm³/mol. The molecule has 2 aromatic rings. The Labute approximate surface area is 152 Å². The summed E-state index contributed by atoms with van der Waals surface area (Å²) in [5.74, 6) is 0. The van der Waals surface area contributed by atoms with Crippen LogP contribution in [0.15, 0.2) is 46.9 Å². The number of aliphatic hydroxyl groups is 1. The summed E-state index contributed by atoms with van der Waals surface area (Å²) in [6.07, 6.45) is -0.830. The Bertz CT molecular complexity index is 695. The fourth-order valence-electron chi connectivity index (χ4n) is 1.99. The van der Waals surface area contributed by atoms with Crippen LogP contribution >= 0.6 is 39.1 Å². The van der Waals surface area contributed by atoms with Gasteiger partial charge in [0.25, 0.3) is 0 Å². The summed E-state index contributed by atoms with van der Waals surface area (Å²) in [6.45, 7) is 1.71. The summed E-state index contributed by atoms with van der Waals surface area (Å²) in [5.41, 5.74) is 1.11. The lowest BCUT2D eigenvalue weighted by atomic mass is 10.0. The van der Waals surface area contributed by atoms with E-state index in [4.69, 9.17) is 23.2 Å². The molecule has 0 aliphatic carbocycles. The molecule has 0 saturated carbocycles. The Morgan fingerprint density at radius 2 is 1.83 bits per heavy atom. The third-order valence-electron chi connectivity index (χ3n) is 3.22. The smallest absolute Gasteiger partial charge is 0.319 e. The number of hydrogen-bond acceptors (Lipinski definition) is 2. The van der Waals surface area contributed by atoms with Gasteiger partial charge >= 0.3 is 6.03 Å². The quantitative estimate of drug-likeness (QED) is 0.655. The van der Waals surface area contributed by atoms with Gasteiger partial charge < -0.3 is 15.7 Å². The molecular weight excluding hydrogens is 403 g/mol. The number of aliphatic hydroxyl groups excluding tert-OH is 1. The zero-order valence-electron chi connectivity index (χ0n) is 12.2. The first-order chi connectivity index (χ1) is 10.9. The van der Waals surface area contributed by atoms with E-state index in [1.54, 1.807) is 37.3 Å². The molecule has 2 rings (SSSR count). The van der Waals surface area contributed by atoms with E-state index in [0.29, 0.717) is 21.3 Å². The minimum Gasteiger partial charge on any atom is -0.386 e. The Balaban J connectivity index is 1.99. The second-order valence-corrected chi connectivity index (χ2v) is 6.77. The van der Waals surface area contributed by atoms with E-state index < -0.39 is 18.2 Å². The number of rotatable bonds is 4. The van der Waals surface area contributed by atoms with Crippen LogP contribution in [-0.4, -0.2) is 17.2 Å². The Morgan fingerprint density at radius 1 is 1.17 bits per heavy atom. The number of halogens is 3. The molecule has 122 valence electrons. The summed E-state index contributed by atoms with van der Waals surface area (Å²) < 4.78 is 0.919. The van der Waals surface area contributed by atoms with Gasteiger partial charge in [0.05, 0.1) is 22.9 Å². The number of anilines is 1. The lowest BCUT2D eigenvalue weighted by Crippen LogP contribution is -2.39. The van der Waals surface area contributed by atoms with Gasteiger partial charge in [0.2, 0.25) is 0 Å². The van der Waals surface area contributed by atoms with E-state index in [1.807, 2.05) is 12.1 Å². The first-order valence-electron chi connectivity index (χ1n) is 6.83. The van der Waals surface area contributed by atoms with Crippen LogP contribution in [0, 0.1) is 0 Å². The summed E-state index contributed by atoms with van der Waals surface area (Å²) in [7, 11) is 0. The zero-order valence-corrected chi connectivity index (χ0v) is 15.3. The van der Waals surface area contributed by atoms with E-state index in [1.165, 1.54) is 0 Å². The maximum absolute atomic E-state index is 12.0. The maximum Gasteiger partial charge on any atom is 0.319 e. The summed E-state index contributed by atoms with van der Waals surface area (Å²) in [4.78, 5) is 12.0. The van der Waals surface area contributed by atoms with Gasteiger partial charge in [-0.3, -0.25) is 0 Å². The number of nitrogens with one attached hydrogen (secondary N) is 2. The molecule has 0 heterocycles. The second-order valence-electron chi connectivity index (χ2n) is 5.01. The van der Waals surface area contributed by atoms with E-state index in [2.05, 4.69) is 26.6 Å². The molecule has 2 unspecified atom stereocenters. The zero-order chi connectivity index (χ0) is 17.0. The predicted octanol–water partition coefficient (Wildman–Crippen LogP) is 5.00. The third kappa shape index (κ3) is 5.11. The average molecular weight is 418 g/mol. The molecule has 3 N–H and O–H groups in total. The summed E-state index contributed by atoms with van der Waals surface area (Å²) >= 11 is 15.2. The van der Waals surface area contributed by atoms with Crippen molar-refractivity contribution < 1.29 is 9.90 Å². The van der Waals surface area contributed by atoms with Crippen molar-refractivity contribution in [2.75, 3.05) is 5.32 Å². The molecule has 2 aromatic carbocycles. The van der Waals surface area contributed by atoms with Gasteiger partial charge in [-0.25, -0.2) is 4.79 Å². The molecule has 0 aliphatic rings. The first-order valence-corrected chi connectivity index (χ1v) is 8.38. The normalized spacial score (nSPS) is 13.3. The topological polar surface area (TPSA) is 61.4 Å². The van der Waals surface area contributed by atoms with Crippen molar-refractivity contribution >= 4 is 50.9 Å². The molecule has 4 nitrogen and oxygen atoms in total. The highest BCUT2D eigenvalue weighted by molar-refractivity contribution is 9.10. The van der Waals surface area contributed by atoms with Gasteiger partial charge in [-0.15, -0.1) is 0 Å². The van der Waals surface area contributed by atoms with Gasteiger partial charge in [-0.2, -0.15) is 0 Å². The van der Waals surface area contributed by atoms with Crippen LogP contribution in [0.3, 0.4) is 0 Å². The molecular formula is C16H15BrCl2N2O2. The van der Waals surface area contributed by atoms with Gasteiger partial charge in [-0.1, -0.05) is 51.3 Å². The number of carbonyl (C=O) groups is 1. The highest BCUT2D eigenvalue weighted by Gasteiger charge is 2.18. The monoisotopic (exact) mass is 416 g/mol. The van der Waals surface area contributed by atoms with Crippen LogP contribution in [0.25, 0.3) is 0 Å². The average Bonchev–Trinajstić information content (AvgIpc) is 2.51. The van der Waals surface area contributed by atoms with Crippen molar-refractivity contribution in [2.24, 2.45) is 0 Å². The first kappa shape index (κ1) is 18.1. The van der Waals surface area contributed by atoms with Crippen LogP contribution in [0.2, 0.25) is 10.0 Å². The molecule has 2 amide bonds. The van der Waals surface area contributed by atoms with Crippen LogP contribution in [0.1, 0.15) is 18.6 Å². The number of carbonyl (C=O) groups excluding carboxylic acids is 1. The van der Waals surface area contributed by atoms with Crippen molar-refractivity contribution in [1.29, 1.82) is 0 Å². The minimum absolute atomic E-state index is 0.380. The van der Waals surface area contributed by atoms with Gasteiger partial charge in [0.1, 0.15) is 0 Å². The van der Waals surface area contributed by atoms with E-state index in [0.717, 1.165) is 4.47 Å². The van der Waals surface area contributed by atoms with Crippen molar-refractivity contribution in [3.8, 4) is 0 Å². The van der Waals surface area contributed by atoms with E-state index >= 15 is 0 Å². The molecule has 0 fully saturated rings. The van der Waals surface area contributed by atoms with Gasteiger partial charge in [0, 0.05) is 9.50 Å². The number of urea groups is 1. The van der Waals surface area contributed by atoms with Crippen LogP contribution in [-0.2, 0) is 0 Å². The standard InChI is InChI=1S/C16H15BrCl2N2O2/c1-9(15(22)10-2-4-11(17)5-3-10)20-16(23)21-14-8-12(18)6-7-13(14)19/h2-9,15,22H,1H3,(H2,20,21,23). The highest BCUT2D eigenvalue weighted by atomic mass is 79.9. The number of amides is 2. The van der Waals surface area contributed by atoms with Crippen LogP contribution < -0.4 is 10.6 Å². The third-order valence-corrected chi connectivity index (χ3v) is 4.31. The van der Waals surface area contributed by atoms with Gasteiger partial charge in [0.15, 0.2) is 0 Å². The van der Waals surface area contributed by atoms with Crippen LogP contribution in [0.5, 0.6) is 0 Å². The van der Waals surface area contributed by atoms with Gasteiger partial charge in [-0.05, 0) is 42.8 Å². The summed E-state index contributed by atoms with van der Waals surface area (Å²) in [6, 6.07) is 11.1. The Kier molecular flexibility index (Phi) is 6.30. The molecule has 0 radical (unpaired) electrons. The second kappa shape index (κ2) is 8.02. The van der Waals surface area contributed by atoms with Crippen molar-refractivity contribution in [2.45, 2.75) is 19.1 Å². The molecule has 0 spiro atoms. The lowest BCUT2D eigenvalue weighted by molar-refractivity contribution is 0.139. The van der Waals surface area contributed by atoms with E-state index in [-0.39, 0.29) is 0 Å². The maximum atomic E-state index is 12.0. The molecule has 0 aromatic heterocycles. The fraction of sp³-hybridized carbons (Fsp3) is 0.188. The van der Waals surface area contributed by atoms with Crippen LogP contribution in [0.4, 0.5) is 10.5 Å². The molecule has 0 saturated heterocycles. The number of benzene rings is 2. The van der Waals surface area contributed by atoms with E-state index in [9.17, 15) is 9.90 Å². The number of hydrogen-bond donors (Lipinski definition) is 3. The minimum atomic E-state index is -0.830.